The maximum atomic E-state index is 10.5. The Labute approximate surface area is 86.4 Å². The van der Waals surface area contributed by atoms with Gasteiger partial charge in [0.15, 0.2) is 6.73 Å². The first-order chi connectivity index (χ1) is 6.48. The number of nitrogens with zero attached hydrogens (tertiary/aromatic N) is 1. The summed E-state index contributed by atoms with van der Waals surface area (Å²) in [6.45, 7) is 6.19. The normalized spacial score (nSPS) is 11.4. The summed E-state index contributed by atoms with van der Waals surface area (Å²) in [4.78, 5) is 10.5. The van der Waals surface area contributed by atoms with Gasteiger partial charge in [0.2, 0.25) is 0 Å². The van der Waals surface area contributed by atoms with Crippen molar-refractivity contribution in [1.29, 1.82) is 0 Å². The van der Waals surface area contributed by atoms with Crippen LogP contribution in [0, 0.1) is 0 Å². The fourth-order valence-electron chi connectivity index (χ4n) is 0.957. The number of quaternary nitrogens is 1. The molecule has 14 heavy (non-hydrogen) atoms. The van der Waals surface area contributed by atoms with Crippen LogP contribution in [0.1, 0.15) is 20.3 Å². The molecule has 0 aliphatic heterocycles. The molecule has 0 atom stereocenters. The maximum absolute atomic E-state index is 10.5. The van der Waals surface area contributed by atoms with Gasteiger partial charge in [0.1, 0.15) is 13.2 Å². The van der Waals surface area contributed by atoms with Gasteiger partial charge in [-0.1, -0.05) is 6.92 Å². The minimum absolute atomic E-state index is 0.223. The van der Waals surface area contributed by atoms with Gasteiger partial charge in [-0.2, -0.15) is 0 Å². The number of hydrogen-bond donors (Lipinski definition) is 0. The van der Waals surface area contributed by atoms with Crippen LogP contribution >= 0.6 is 0 Å². The maximum Gasteiger partial charge on any atom is 0.302 e. The lowest BCUT2D eigenvalue weighted by molar-refractivity contribution is -0.909. The van der Waals surface area contributed by atoms with E-state index in [0.717, 1.165) is 19.6 Å². The Morgan fingerprint density at radius 2 is 1.93 bits per heavy atom. The van der Waals surface area contributed by atoms with E-state index in [0.29, 0.717) is 17.8 Å². The molecule has 0 fully saturated rings. The smallest absolute Gasteiger partial charge is 0.302 e. The number of likely N-dealkylation sites (N-methyl/N-ethyl adjacent to an activating group) is 1. The highest BCUT2D eigenvalue weighted by Crippen LogP contribution is 1.98. The lowest BCUT2D eigenvalue weighted by atomic mass is 10.5. The second kappa shape index (κ2) is 6.79. The van der Waals surface area contributed by atoms with E-state index in [1.807, 2.05) is 0 Å². The minimum atomic E-state index is -0.223. The molecule has 4 nitrogen and oxygen atoms in total. The first-order valence-electron chi connectivity index (χ1n) is 5.01. The van der Waals surface area contributed by atoms with E-state index in [2.05, 4.69) is 21.0 Å². The Balaban J connectivity index is 3.55. The highest BCUT2D eigenvalue weighted by Gasteiger charge is 2.14. The molecule has 0 heterocycles. The summed E-state index contributed by atoms with van der Waals surface area (Å²) in [5.41, 5.74) is 0. The van der Waals surface area contributed by atoms with Gasteiger partial charge in [-0.15, -0.1) is 0 Å². The molecule has 0 aliphatic carbocycles. The molecule has 0 aliphatic rings. The zero-order valence-electron chi connectivity index (χ0n) is 9.71. The molecule has 0 unspecified atom stereocenters. The molecule has 0 spiro atoms. The van der Waals surface area contributed by atoms with Crippen LogP contribution in [-0.2, 0) is 14.3 Å². The standard InChI is InChI=1S/C10H22NO3/c1-5-7-13-9-11(3,4)6-8-14-10(2)12/h5-9H2,1-4H3/q+1. The number of carbonyl (C=O) groups is 1. The van der Waals surface area contributed by atoms with Gasteiger partial charge in [0.25, 0.3) is 0 Å². The van der Waals surface area contributed by atoms with Crippen LogP contribution in [0.25, 0.3) is 0 Å². The molecule has 0 radical (unpaired) electrons. The highest BCUT2D eigenvalue weighted by atomic mass is 16.5. The topological polar surface area (TPSA) is 35.5 Å². The molecule has 0 N–H and O–H groups in total. The summed E-state index contributed by atoms with van der Waals surface area (Å²) in [6, 6.07) is 0. The number of esters is 1. The van der Waals surface area contributed by atoms with Gasteiger partial charge in [0, 0.05) is 6.92 Å². The molecule has 4 heteroatoms. The Morgan fingerprint density at radius 3 is 2.43 bits per heavy atom. The number of hydrogen-bond acceptors (Lipinski definition) is 3. The molecular formula is C10H22NO3+. The monoisotopic (exact) mass is 204 g/mol. The van der Waals surface area contributed by atoms with Crippen LogP contribution < -0.4 is 0 Å². The second-order valence-electron chi connectivity index (χ2n) is 4.04. The van der Waals surface area contributed by atoms with Crippen molar-refractivity contribution in [2.75, 3.05) is 40.6 Å². The first-order valence-corrected chi connectivity index (χ1v) is 5.01. The van der Waals surface area contributed by atoms with Crippen LogP contribution in [0.5, 0.6) is 0 Å². The molecule has 0 saturated heterocycles. The van der Waals surface area contributed by atoms with Gasteiger partial charge in [-0.25, -0.2) is 0 Å². The second-order valence-corrected chi connectivity index (χ2v) is 4.04. The SMILES string of the molecule is CCCOC[N+](C)(C)CCOC(C)=O. The molecule has 0 aromatic heterocycles. The van der Waals surface area contributed by atoms with Gasteiger partial charge in [-0.05, 0) is 6.42 Å². The highest BCUT2D eigenvalue weighted by molar-refractivity contribution is 5.65. The van der Waals surface area contributed by atoms with Gasteiger partial charge < -0.3 is 14.0 Å². The zero-order valence-corrected chi connectivity index (χ0v) is 9.71. The van der Waals surface area contributed by atoms with E-state index in [1.165, 1.54) is 6.92 Å². The fraction of sp³-hybridized carbons (Fsp3) is 0.900. The summed E-state index contributed by atoms with van der Waals surface area (Å²) in [6.07, 6.45) is 1.03. The molecule has 0 bridgehead atoms. The Hall–Kier alpha value is -0.610. The van der Waals surface area contributed by atoms with Crippen molar-refractivity contribution in [1.82, 2.24) is 0 Å². The summed E-state index contributed by atoms with van der Waals surface area (Å²) < 4.78 is 11.0. The van der Waals surface area contributed by atoms with Gasteiger partial charge >= 0.3 is 5.97 Å². The van der Waals surface area contributed by atoms with E-state index in [9.17, 15) is 4.79 Å². The number of ether oxygens (including phenoxy) is 2. The van der Waals surface area contributed by atoms with Crippen LogP contribution in [0.3, 0.4) is 0 Å². The van der Waals surface area contributed by atoms with Crippen molar-refractivity contribution in [2.24, 2.45) is 0 Å². The van der Waals surface area contributed by atoms with Crippen LogP contribution in [-0.4, -0.2) is 51.0 Å². The van der Waals surface area contributed by atoms with Gasteiger partial charge in [0.05, 0.1) is 20.7 Å². The van der Waals surface area contributed by atoms with Crippen molar-refractivity contribution in [3.63, 3.8) is 0 Å². The van der Waals surface area contributed by atoms with Crippen molar-refractivity contribution < 1.29 is 18.8 Å². The van der Waals surface area contributed by atoms with Crippen LogP contribution in [0.4, 0.5) is 0 Å². The largest absolute Gasteiger partial charge is 0.460 e. The third-order valence-electron chi connectivity index (χ3n) is 1.79. The van der Waals surface area contributed by atoms with E-state index < -0.39 is 0 Å². The van der Waals surface area contributed by atoms with Crippen molar-refractivity contribution >= 4 is 5.97 Å². The average Bonchev–Trinajstić information content (AvgIpc) is 2.03. The quantitative estimate of drug-likeness (QED) is 0.269. The predicted octanol–water partition coefficient (Wildman–Crippen LogP) is 1.01. The van der Waals surface area contributed by atoms with Crippen LogP contribution in [0.2, 0.25) is 0 Å². The predicted molar refractivity (Wildman–Crippen MR) is 54.7 cm³/mol. The summed E-state index contributed by atoms with van der Waals surface area (Å²) in [7, 11) is 4.11. The molecule has 0 aromatic carbocycles. The average molecular weight is 204 g/mol. The van der Waals surface area contributed by atoms with E-state index in [-0.39, 0.29) is 5.97 Å². The first kappa shape index (κ1) is 13.4. The molecular weight excluding hydrogens is 182 g/mol. The fourth-order valence-corrected chi connectivity index (χ4v) is 0.957. The molecule has 0 saturated carbocycles. The minimum Gasteiger partial charge on any atom is -0.460 e. The summed E-state index contributed by atoms with van der Waals surface area (Å²) >= 11 is 0. The molecule has 0 aromatic rings. The van der Waals surface area contributed by atoms with E-state index in [1.54, 1.807) is 0 Å². The third kappa shape index (κ3) is 8.01. The Bertz CT molecular complexity index is 169. The summed E-state index contributed by atoms with van der Waals surface area (Å²) in [5.74, 6) is -0.223. The van der Waals surface area contributed by atoms with Crippen molar-refractivity contribution in [3.05, 3.63) is 0 Å². The van der Waals surface area contributed by atoms with Crippen molar-refractivity contribution in [3.8, 4) is 0 Å². The molecule has 84 valence electrons. The third-order valence-corrected chi connectivity index (χ3v) is 1.79. The van der Waals surface area contributed by atoms with E-state index >= 15 is 0 Å². The number of rotatable bonds is 7. The lowest BCUT2D eigenvalue weighted by Gasteiger charge is -2.28. The Kier molecular flexibility index (Phi) is 6.49. The summed E-state index contributed by atoms with van der Waals surface area (Å²) in [5, 5.41) is 0. The zero-order chi connectivity index (χ0) is 11.0. The lowest BCUT2D eigenvalue weighted by Crippen LogP contribution is -2.44. The van der Waals surface area contributed by atoms with Crippen LogP contribution in [0.15, 0.2) is 0 Å². The molecule has 0 amide bonds. The van der Waals surface area contributed by atoms with Crippen molar-refractivity contribution in [2.45, 2.75) is 20.3 Å². The van der Waals surface area contributed by atoms with Gasteiger partial charge in [-0.3, -0.25) is 4.79 Å². The molecule has 0 rings (SSSR count). The Morgan fingerprint density at radius 1 is 1.29 bits per heavy atom. The number of carbonyl (C=O) groups excluding carboxylic acids is 1. The van der Waals surface area contributed by atoms with E-state index in [4.69, 9.17) is 9.47 Å².